The van der Waals surface area contributed by atoms with Crippen LogP contribution in [0.5, 0.6) is 5.75 Å². The van der Waals surface area contributed by atoms with Gasteiger partial charge in [0, 0.05) is 55.8 Å². The van der Waals surface area contributed by atoms with E-state index in [0.29, 0.717) is 19.6 Å². The number of ether oxygens (including phenoxy) is 1. The average molecular weight is 487 g/mol. The highest BCUT2D eigenvalue weighted by Gasteiger charge is 2.37. The van der Waals surface area contributed by atoms with Crippen molar-refractivity contribution in [3.63, 3.8) is 0 Å². The van der Waals surface area contributed by atoms with Gasteiger partial charge in [0.1, 0.15) is 29.7 Å². The zero-order valence-electron chi connectivity index (χ0n) is 20.6. The third-order valence-electron chi connectivity index (χ3n) is 7.27. The van der Waals surface area contributed by atoms with E-state index in [1.807, 2.05) is 17.0 Å². The number of fused-ring (bicyclic) bond motifs is 3. The number of benzene rings is 2. The van der Waals surface area contributed by atoms with E-state index in [1.54, 1.807) is 6.20 Å². The maximum Gasteiger partial charge on any atom is 0.134 e. The monoisotopic (exact) mass is 486 g/mol. The molecule has 1 aromatic heterocycles. The molecule has 35 heavy (non-hydrogen) atoms. The van der Waals surface area contributed by atoms with E-state index < -0.39 is 23.3 Å². The number of aromatic amines is 1. The Morgan fingerprint density at radius 2 is 1.91 bits per heavy atom. The van der Waals surface area contributed by atoms with Crippen molar-refractivity contribution in [2.45, 2.75) is 45.3 Å². The molecule has 0 radical (unpaired) electrons. The summed E-state index contributed by atoms with van der Waals surface area (Å²) in [4.78, 5) is 4.12. The van der Waals surface area contributed by atoms with Gasteiger partial charge >= 0.3 is 0 Å². The largest absolute Gasteiger partial charge is 0.492 e. The third kappa shape index (κ3) is 4.91. The highest BCUT2D eigenvalue weighted by Crippen LogP contribution is 2.41. The minimum Gasteiger partial charge on any atom is -0.492 e. The number of hydrogen-bond acceptors (Lipinski definition) is 4. The first kappa shape index (κ1) is 24.1. The lowest BCUT2D eigenvalue weighted by Gasteiger charge is -2.40. The summed E-state index contributed by atoms with van der Waals surface area (Å²) in [7, 11) is 0. The second-order valence-corrected chi connectivity index (χ2v) is 10.5. The van der Waals surface area contributed by atoms with Crippen LogP contribution in [0, 0.1) is 17.6 Å². The maximum absolute atomic E-state index is 15.5. The van der Waals surface area contributed by atoms with Crippen molar-refractivity contribution in [2.75, 3.05) is 39.3 Å². The molecule has 1 fully saturated rings. The van der Waals surface area contributed by atoms with Gasteiger partial charge < -0.3 is 4.74 Å². The molecule has 1 saturated heterocycles. The summed E-state index contributed by atoms with van der Waals surface area (Å²) in [6, 6.07) is 5.51. The van der Waals surface area contributed by atoms with E-state index in [1.165, 1.54) is 32.4 Å². The van der Waals surface area contributed by atoms with Crippen LogP contribution in [0.2, 0.25) is 0 Å². The molecule has 1 N–H and O–H groups in total. The zero-order chi connectivity index (χ0) is 24.7. The van der Waals surface area contributed by atoms with Gasteiger partial charge in [0.2, 0.25) is 0 Å². The molecule has 0 spiro atoms. The summed E-state index contributed by atoms with van der Waals surface area (Å²) in [6.45, 7) is 8.92. The van der Waals surface area contributed by atoms with E-state index in [9.17, 15) is 4.39 Å². The highest BCUT2D eigenvalue weighted by atomic mass is 19.1. The molecule has 1 unspecified atom stereocenters. The highest BCUT2D eigenvalue weighted by molar-refractivity contribution is 5.83. The molecule has 2 aromatic carbocycles. The van der Waals surface area contributed by atoms with Crippen molar-refractivity contribution in [3.8, 4) is 5.75 Å². The van der Waals surface area contributed by atoms with Gasteiger partial charge in [-0.25, -0.2) is 13.2 Å². The van der Waals surface area contributed by atoms with Crippen LogP contribution in [-0.2, 0) is 6.42 Å². The molecule has 2 aliphatic heterocycles. The summed E-state index contributed by atoms with van der Waals surface area (Å²) in [6.07, 6.45) is 3.56. The Kier molecular flexibility index (Phi) is 6.53. The summed E-state index contributed by atoms with van der Waals surface area (Å²) >= 11 is 0. The molecule has 5 nitrogen and oxygen atoms in total. The number of alkyl halides is 1. The van der Waals surface area contributed by atoms with Crippen LogP contribution in [0.15, 0.2) is 30.5 Å². The van der Waals surface area contributed by atoms with Crippen LogP contribution < -0.4 is 4.74 Å². The summed E-state index contributed by atoms with van der Waals surface area (Å²) in [5.41, 5.74) is 1.06. The quantitative estimate of drug-likeness (QED) is 0.472. The van der Waals surface area contributed by atoms with Crippen LogP contribution in [0.4, 0.5) is 13.2 Å². The molecular formula is C27H33F3N4O. The fourth-order valence-corrected chi connectivity index (χ4v) is 5.52. The number of nitrogens with zero attached hydrogens (tertiary/aromatic N) is 3. The minimum atomic E-state index is -1.51. The summed E-state index contributed by atoms with van der Waals surface area (Å²) < 4.78 is 51.5. The normalized spacial score (nSPS) is 19.7. The first-order valence-electron chi connectivity index (χ1n) is 12.5. The van der Waals surface area contributed by atoms with Crippen LogP contribution >= 0.6 is 0 Å². The fourth-order valence-electron chi connectivity index (χ4n) is 5.52. The summed E-state index contributed by atoms with van der Waals surface area (Å²) in [5.74, 6) is -0.443. The molecular weight excluding hydrogens is 453 g/mol. The molecule has 3 heterocycles. The minimum absolute atomic E-state index is 0.0618. The lowest BCUT2D eigenvalue weighted by Crippen LogP contribution is -2.47. The molecule has 2 aliphatic rings. The topological polar surface area (TPSA) is 44.4 Å². The van der Waals surface area contributed by atoms with Gasteiger partial charge in [0.25, 0.3) is 0 Å². The van der Waals surface area contributed by atoms with Crippen LogP contribution in [-0.4, -0.2) is 65.0 Å². The predicted octanol–water partition coefficient (Wildman–Crippen LogP) is 5.26. The second kappa shape index (κ2) is 9.47. The van der Waals surface area contributed by atoms with Crippen molar-refractivity contribution in [2.24, 2.45) is 5.92 Å². The molecule has 3 aromatic rings. The Bertz CT molecular complexity index is 1180. The van der Waals surface area contributed by atoms with E-state index >= 15 is 8.78 Å². The first-order valence-corrected chi connectivity index (χ1v) is 12.5. The Balaban J connectivity index is 1.44. The number of aromatic nitrogens is 2. The molecule has 1 atom stereocenters. The van der Waals surface area contributed by atoms with Crippen molar-refractivity contribution in [3.05, 3.63) is 58.8 Å². The number of halogens is 3. The molecule has 8 heteroatoms. The molecule has 188 valence electrons. The second-order valence-electron chi connectivity index (χ2n) is 10.5. The number of rotatable bonds is 8. The van der Waals surface area contributed by atoms with Crippen molar-refractivity contribution in [1.29, 1.82) is 0 Å². The Morgan fingerprint density at radius 1 is 1.17 bits per heavy atom. The zero-order valence-corrected chi connectivity index (χ0v) is 20.6. The predicted molar refractivity (Wildman–Crippen MR) is 130 cm³/mol. The smallest absolute Gasteiger partial charge is 0.134 e. The van der Waals surface area contributed by atoms with Crippen LogP contribution in [0.1, 0.15) is 49.9 Å². The lowest BCUT2D eigenvalue weighted by molar-refractivity contribution is 0.0803. The third-order valence-corrected chi connectivity index (χ3v) is 7.27. The molecule has 0 aliphatic carbocycles. The van der Waals surface area contributed by atoms with Crippen molar-refractivity contribution >= 4 is 10.9 Å². The van der Waals surface area contributed by atoms with E-state index in [4.69, 9.17) is 4.74 Å². The first-order chi connectivity index (χ1) is 16.7. The summed E-state index contributed by atoms with van der Waals surface area (Å²) in [5, 5.41) is 8.01. The average Bonchev–Trinajstić information content (AvgIpc) is 3.24. The SMILES string of the molecule is CCC1CN(CCOc2cc(F)c(C3c4ccc5[nH]ncc5c4CCN3CC(C)(C)F)c(F)c2)C1. The number of nitrogens with one attached hydrogen (secondary N) is 1. The van der Waals surface area contributed by atoms with Gasteiger partial charge in [-0.05, 0) is 43.4 Å². The van der Waals surface area contributed by atoms with Gasteiger partial charge in [-0.15, -0.1) is 0 Å². The van der Waals surface area contributed by atoms with Crippen molar-refractivity contribution in [1.82, 2.24) is 20.0 Å². The number of likely N-dealkylation sites (tertiary alicyclic amines) is 1. The molecule has 0 bridgehead atoms. The number of hydrogen-bond donors (Lipinski definition) is 1. The van der Waals surface area contributed by atoms with Crippen molar-refractivity contribution < 1.29 is 17.9 Å². The van der Waals surface area contributed by atoms with Crippen LogP contribution in [0.25, 0.3) is 10.9 Å². The Labute approximate surface area is 204 Å². The molecule has 5 rings (SSSR count). The molecule has 0 saturated carbocycles. The lowest BCUT2D eigenvalue weighted by atomic mass is 9.85. The fraction of sp³-hybridized carbons (Fsp3) is 0.519. The number of H-pyrrole nitrogens is 1. The van der Waals surface area contributed by atoms with Gasteiger partial charge in [0.15, 0.2) is 0 Å². The van der Waals surface area contributed by atoms with Gasteiger partial charge in [0.05, 0.1) is 17.8 Å². The van der Waals surface area contributed by atoms with Gasteiger partial charge in [-0.2, -0.15) is 5.10 Å². The van der Waals surface area contributed by atoms with E-state index in [0.717, 1.165) is 47.6 Å². The van der Waals surface area contributed by atoms with E-state index in [2.05, 4.69) is 22.0 Å². The maximum atomic E-state index is 15.5. The Hall–Kier alpha value is -2.58. The standard InChI is InChI=1S/C27H33F3N4O/c1-4-17-14-33(15-17)9-10-35-18-11-22(28)25(23(29)12-18)26-20-5-6-24-21(13-31-32-24)19(20)7-8-34(26)16-27(2,3)30/h5-6,11-13,17,26H,4,7-10,14-16H2,1-3H3,(H,31,32). The van der Waals surface area contributed by atoms with Crippen LogP contribution in [0.3, 0.4) is 0 Å². The van der Waals surface area contributed by atoms with Gasteiger partial charge in [-0.1, -0.05) is 19.4 Å². The Morgan fingerprint density at radius 3 is 2.60 bits per heavy atom. The van der Waals surface area contributed by atoms with Gasteiger partial charge in [-0.3, -0.25) is 14.9 Å². The van der Waals surface area contributed by atoms with E-state index in [-0.39, 0.29) is 17.9 Å². The molecule has 0 amide bonds.